The Morgan fingerprint density at radius 2 is 1.91 bits per heavy atom. The Kier molecular flexibility index (Phi) is 4.74. The van der Waals surface area contributed by atoms with Crippen molar-refractivity contribution in [2.75, 3.05) is 12.4 Å². The molecule has 6 nitrogen and oxygen atoms in total. The standard InChI is InChI=1S/C17H20N2O4/c1-5-19-10(2)8-14(11(19)3)16(20)18-12-6-7-13(17(21)22)15(9-12)23-4/h6-9H,5H2,1-4H3,(H,18,20)(H,21,22). The van der Waals surface area contributed by atoms with Crippen LogP contribution in [0.3, 0.4) is 0 Å². The predicted molar refractivity (Wildman–Crippen MR) is 87.5 cm³/mol. The van der Waals surface area contributed by atoms with Gasteiger partial charge in [-0.1, -0.05) is 0 Å². The lowest BCUT2D eigenvalue weighted by molar-refractivity contribution is 0.0693. The van der Waals surface area contributed by atoms with Crippen LogP contribution in [0.25, 0.3) is 0 Å². The number of methoxy groups -OCH3 is 1. The van der Waals surface area contributed by atoms with Gasteiger partial charge in [0.15, 0.2) is 0 Å². The molecule has 1 heterocycles. The van der Waals surface area contributed by atoms with Gasteiger partial charge < -0.3 is 19.7 Å². The summed E-state index contributed by atoms with van der Waals surface area (Å²) in [7, 11) is 1.39. The first-order valence-corrected chi connectivity index (χ1v) is 7.28. The van der Waals surface area contributed by atoms with E-state index in [1.54, 1.807) is 6.07 Å². The number of amides is 1. The lowest BCUT2D eigenvalue weighted by atomic mass is 10.1. The molecule has 23 heavy (non-hydrogen) atoms. The number of nitrogens with one attached hydrogen (secondary N) is 1. The maximum atomic E-state index is 12.5. The van der Waals surface area contributed by atoms with Gasteiger partial charge in [0, 0.05) is 29.7 Å². The van der Waals surface area contributed by atoms with E-state index in [0.29, 0.717) is 11.3 Å². The van der Waals surface area contributed by atoms with Crippen LogP contribution >= 0.6 is 0 Å². The Labute approximate surface area is 134 Å². The van der Waals surface area contributed by atoms with Crippen molar-refractivity contribution in [1.29, 1.82) is 0 Å². The third-order valence-corrected chi connectivity index (χ3v) is 3.82. The Morgan fingerprint density at radius 3 is 2.43 bits per heavy atom. The van der Waals surface area contributed by atoms with Gasteiger partial charge in [-0.15, -0.1) is 0 Å². The molecule has 0 atom stereocenters. The van der Waals surface area contributed by atoms with Crippen LogP contribution in [0.15, 0.2) is 24.3 Å². The van der Waals surface area contributed by atoms with E-state index in [4.69, 9.17) is 9.84 Å². The smallest absolute Gasteiger partial charge is 0.339 e. The Morgan fingerprint density at radius 1 is 1.22 bits per heavy atom. The molecule has 0 aliphatic heterocycles. The number of rotatable bonds is 5. The fourth-order valence-corrected chi connectivity index (χ4v) is 2.66. The minimum atomic E-state index is -1.08. The zero-order valence-corrected chi connectivity index (χ0v) is 13.6. The minimum absolute atomic E-state index is 0.0506. The van der Waals surface area contributed by atoms with E-state index in [0.717, 1.165) is 17.9 Å². The van der Waals surface area contributed by atoms with Crippen LogP contribution in [0.1, 0.15) is 39.0 Å². The van der Waals surface area contributed by atoms with Crippen molar-refractivity contribution in [2.45, 2.75) is 27.3 Å². The van der Waals surface area contributed by atoms with E-state index in [1.807, 2.05) is 26.8 Å². The summed E-state index contributed by atoms with van der Waals surface area (Å²) in [6.45, 7) is 6.68. The molecule has 1 amide bonds. The second-order valence-corrected chi connectivity index (χ2v) is 5.20. The predicted octanol–water partition coefficient (Wildman–Crippen LogP) is 3.08. The van der Waals surface area contributed by atoms with Gasteiger partial charge in [-0.05, 0) is 39.0 Å². The Bertz CT molecular complexity index is 762. The number of carbonyl (C=O) groups is 2. The highest BCUT2D eigenvalue weighted by molar-refractivity contribution is 6.05. The average molecular weight is 316 g/mol. The fraction of sp³-hybridized carbons (Fsp3) is 0.294. The van der Waals surface area contributed by atoms with Gasteiger partial charge in [0.1, 0.15) is 11.3 Å². The number of anilines is 1. The van der Waals surface area contributed by atoms with Crippen molar-refractivity contribution >= 4 is 17.6 Å². The van der Waals surface area contributed by atoms with Crippen molar-refractivity contribution < 1.29 is 19.4 Å². The first kappa shape index (κ1) is 16.6. The molecule has 2 aromatic rings. The van der Waals surface area contributed by atoms with Gasteiger partial charge in [-0.2, -0.15) is 0 Å². The quantitative estimate of drug-likeness (QED) is 0.888. The highest BCUT2D eigenvalue weighted by Gasteiger charge is 2.17. The van der Waals surface area contributed by atoms with Crippen LogP contribution in [0.4, 0.5) is 5.69 Å². The molecule has 6 heteroatoms. The first-order valence-electron chi connectivity index (χ1n) is 7.28. The van der Waals surface area contributed by atoms with Crippen LogP contribution in [-0.2, 0) is 6.54 Å². The number of carboxylic acids is 1. The number of aromatic carboxylic acids is 1. The summed E-state index contributed by atoms with van der Waals surface area (Å²) in [4.78, 5) is 23.5. The summed E-state index contributed by atoms with van der Waals surface area (Å²) in [5, 5.41) is 11.9. The summed E-state index contributed by atoms with van der Waals surface area (Å²) >= 11 is 0. The van der Waals surface area contributed by atoms with Crippen LogP contribution in [0, 0.1) is 13.8 Å². The van der Waals surface area contributed by atoms with E-state index in [9.17, 15) is 9.59 Å². The molecule has 0 saturated heterocycles. The van der Waals surface area contributed by atoms with Crippen LogP contribution in [0.2, 0.25) is 0 Å². The van der Waals surface area contributed by atoms with Crippen molar-refractivity contribution in [3.05, 3.63) is 46.8 Å². The number of carboxylic acid groups (broad SMARTS) is 1. The van der Waals surface area contributed by atoms with Gasteiger partial charge in [0.25, 0.3) is 5.91 Å². The second kappa shape index (κ2) is 6.56. The normalized spacial score (nSPS) is 10.4. The first-order chi connectivity index (χ1) is 10.9. The largest absolute Gasteiger partial charge is 0.496 e. The second-order valence-electron chi connectivity index (χ2n) is 5.20. The number of hydrogen-bond donors (Lipinski definition) is 2. The molecule has 122 valence electrons. The fourth-order valence-electron chi connectivity index (χ4n) is 2.66. The molecule has 1 aromatic heterocycles. The van der Waals surface area contributed by atoms with Gasteiger partial charge in [-0.25, -0.2) is 4.79 Å². The van der Waals surface area contributed by atoms with E-state index in [2.05, 4.69) is 9.88 Å². The molecule has 0 bridgehead atoms. The number of aromatic nitrogens is 1. The van der Waals surface area contributed by atoms with E-state index < -0.39 is 5.97 Å². The van der Waals surface area contributed by atoms with E-state index in [1.165, 1.54) is 19.2 Å². The molecule has 0 saturated carbocycles. The molecule has 2 rings (SSSR count). The molecule has 1 aromatic carbocycles. The van der Waals surface area contributed by atoms with Gasteiger partial charge in [0.2, 0.25) is 0 Å². The number of aryl methyl sites for hydroxylation is 1. The third kappa shape index (κ3) is 3.21. The summed E-state index contributed by atoms with van der Waals surface area (Å²) in [6, 6.07) is 6.30. The van der Waals surface area contributed by atoms with Crippen molar-refractivity contribution in [1.82, 2.24) is 4.57 Å². The summed E-state index contributed by atoms with van der Waals surface area (Å²) < 4.78 is 7.12. The van der Waals surface area contributed by atoms with Gasteiger partial charge in [0.05, 0.1) is 12.7 Å². The van der Waals surface area contributed by atoms with Crippen LogP contribution < -0.4 is 10.1 Å². The van der Waals surface area contributed by atoms with Gasteiger partial charge >= 0.3 is 5.97 Å². The molecule has 0 unspecified atom stereocenters. The molecule has 2 N–H and O–H groups in total. The monoisotopic (exact) mass is 316 g/mol. The summed E-state index contributed by atoms with van der Waals surface area (Å²) in [6.07, 6.45) is 0. The van der Waals surface area contributed by atoms with Crippen molar-refractivity contribution in [2.24, 2.45) is 0 Å². The number of benzene rings is 1. The lowest BCUT2D eigenvalue weighted by Crippen LogP contribution is -2.13. The minimum Gasteiger partial charge on any atom is -0.496 e. The molecule has 0 fully saturated rings. The van der Waals surface area contributed by atoms with Crippen molar-refractivity contribution in [3.8, 4) is 5.75 Å². The Hall–Kier alpha value is -2.76. The number of hydrogen-bond acceptors (Lipinski definition) is 3. The maximum Gasteiger partial charge on any atom is 0.339 e. The highest BCUT2D eigenvalue weighted by Crippen LogP contribution is 2.24. The molecular formula is C17H20N2O4. The molecule has 0 radical (unpaired) electrons. The molecule has 0 aliphatic rings. The molecule has 0 aliphatic carbocycles. The topological polar surface area (TPSA) is 80.6 Å². The SMILES string of the molecule is CCn1c(C)cc(C(=O)Nc2ccc(C(=O)O)c(OC)c2)c1C. The highest BCUT2D eigenvalue weighted by atomic mass is 16.5. The Balaban J connectivity index is 2.29. The number of carbonyl (C=O) groups excluding carboxylic acids is 1. The zero-order chi connectivity index (χ0) is 17.1. The maximum absolute atomic E-state index is 12.5. The van der Waals surface area contributed by atoms with E-state index >= 15 is 0 Å². The van der Waals surface area contributed by atoms with Crippen LogP contribution in [0.5, 0.6) is 5.75 Å². The molecular weight excluding hydrogens is 296 g/mol. The van der Waals surface area contributed by atoms with Crippen molar-refractivity contribution in [3.63, 3.8) is 0 Å². The zero-order valence-electron chi connectivity index (χ0n) is 13.6. The summed E-state index contributed by atoms with van der Waals surface area (Å²) in [5.41, 5.74) is 3.06. The number of ether oxygens (including phenoxy) is 1. The van der Waals surface area contributed by atoms with Crippen LogP contribution in [-0.4, -0.2) is 28.7 Å². The summed E-state index contributed by atoms with van der Waals surface area (Å²) in [5.74, 6) is -1.11. The van der Waals surface area contributed by atoms with E-state index in [-0.39, 0.29) is 17.2 Å². The van der Waals surface area contributed by atoms with Gasteiger partial charge in [-0.3, -0.25) is 4.79 Å². The average Bonchev–Trinajstić information content (AvgIpc) is 2.81. The number of nitrogens with zero attached hydrogens (tertiary/aromatic N) is 1. The lowest BCUT2D eigenvalue weighted by Gasteiger charge is -2.10. The molecule has 0 spiro atoms. The third-order valence-electron chi connectivity index (χ3n) is 3.82.